The minimum absolute atomic E-state index is 0.0451. The second-order valence-corrected chi connectivity index (χ2v) is 3.98. The van der Waals surface area contributed by atoms with Crippen molar-refractivity contribution in [2.24, 2.45) is 0 Å². The fourth-order valence-corrected chi connectivity index (χ4v) is 1.61. The molecule has 0 atom stereocenters. The summed E-state index contributed by atoms with van der Waals surface area (Å²) in [6, 6.07) is 7.37. The van der Waals surface area contributed by atoms with Crippen LogP contribution in [0.1, 0.15) is 12.0 Å². The van der Waals surface area contributed by atoms with E-state index in [0.717, 1.165) is 17.6 Å². The number of hydrogen-bond donors (Lipinski definition) is 0. The van der Waals surface area contributed by atoms with Gasteiger partial charge >= 0.3 is 0 Å². The molecular formula is C14H11ClO. The number of carbonyl (C=O) groups is 1. The first kappa shape index (κ1) is 10.9. The van der Waals surface area contributed by atoms with Gasteiger partial charge in [0.15, 0.2) is 5.78 Å². The van der Waals surface area contributed by atoms with Crippen molar-refractivity contribution in [3.05, 3.63) is 64.7 Å². The van der Waals surface area contributed by atoms with Crippen LogP contribution in [-0.2, 0) is 4.79 Å². The number of halogens is 1. The first-order valence-corrected chi connectivity index (χ1v) is 5.48. The van der Waals surface area contributed by atoms with Crippen molar-refractivity contribution in [2.75, 3.05) is 0 Å². The average molecular weight is 231 g/mol. The van der Waals surface area contributed by atoms with E-state index in [1.807, 2.05) is 30.4 Å². The zero-order chi connectivity index (χ0) is 11.4. The van der Waals surface area contributed by atoms with Gasteiger partial charge in [-0.2, -0.15) is 0 Å². The predicted octanol–water partition coefficient (Wildman–Crippen LogP) is 3.81. The Morgan fingerprint density at radius 1 is 1.25 bits per heavy atom. The van der Waals surface area contributed by atoms with Crippen molar-refractivity contribution >= 4 is 23.5 Å². The van der Waals surface area contributed by atoms with E-state index < -0.39 is 0 Å². The van der Waals surface area contributed by atoms with Crippen molar-refractivity contribution in [1.29, 1.82) is 0 Å². The molecule has 0 amide bonds. The van der Waals surface area contributed by atoms with E-state index in [1.54, 1.807) is 24.3 Å². The maximum absolute atomic E-state index is 11.7. The lowest BCUT2D eigenvalue weighted by Gasteiger charge is -1.94. The molecule has 0 radical (unpaired) electrons. The molecule has 16 heavy (non-hydrogen) atoms. The van der Waals surface area contributed by atoms with Crippen LogP contribution in [0.5, 0.6) is 0 Å². The minimum Gasteiger partial charge on any atom is -0.289 e. The lowest BCUT2D eigenvalue weighted by Crippen LogP contribution is -1.93. The maximum Gasteiger partial charge on any atom is 0.185 e. The molecule has 1 aromatic rings. The van der Waals surface area contributed by atoms with Crippen LogP contribution < -0.4 is 0 Å². The van der Waals surface area contributed by atoms with Gasteiger partial charge in [0, 0.05) is 10.6 Å². The number of hydrogen-bond acceptors (Lipinski definition) is 1. The highest BCUT2D eigenvalue weighted by molar-refractivity contribution is 6.30. The minimum atomic E-state index is 0.0451. The third-order valence-electron chi connectivity index (χ3n) is 2.35. The molecule has 0 saturated carbocycles. The normalized spacial score (nSPS) is 14.4. The number of allylic oxidation sites excluding steroid dienone is 5. The van der Waals surface area contributed by atoms with Gasteiger partial charge in [0.2, 0.25) is 0 Å². The Bertz CT molecular complexity index is 478. The average Bonchev–Trinajstić information content (AvgIpc) is 2.81. The third kappa shape index (κ3) is 2.71. The number of benzene rings is 1. The SMILES string of the molecule is O=C(/C=C/c1ccc(Cl)cc1)C1=CCC=C1. The van der Waals surface area contributed by atoms with Crippen molar-refractivity contribution in [3.8, 4) is 0 Å². The predicted molar refractivity (Wildman–Crippen MR) is 67.3 cm³/mol. The summed E-state index contributed by atoms with van der Waals surface area (Å²) in [5, 5.41) is 0.699. The fraction of sp³-hybridized carbons (Fsp3) is 0.0714. The molecule has 1 aromatic carbocycles. The smallest absolute Gasteiger partial charge is 0.185 e. The van der Waals surface area contributed by atoms with Crippen LogP contribution in [0.2, 0.25) is 5.02 Å². The van der Waals surface area contributed by atoms with Gasteiger partial charge in [-0.1, -0.05) is 48.0 Å². The number of rotatable bonds is 3. The molecule has 1 aliphatic rings. The summed E-state index contributed by atoms with van der Waals surface area (Å²) in [7, 11) is 0. The summed E-state index contributed by atoms with van der Waals surface area (Å²) in [5.74, 6) is 0.0451. The molecule has 2 heteroatoms. The highest BCUT2D eigenvalue weighted by Gasteiger charge is 2.04. The molecule has 1 aliphatic carbocycles. The zero-order valence-electron chi connectivity index (χ0n) is 8.69. The molecule has 0 aromatic heterocycles. The van der Waals surface area contributed by atoms with Crippen LogP contribution in [0.3, 0.4) is 0 Å². The summed E-state index contributed by atoms with van der Waals surface area (Å²) in [5.41, 5.74) is 1.74. The largest absolute Gasteiger partial charge is 0.289 e. The van der Waals surface area contributed by atoms with E-state index in [9.17, 15) is 4.79 Å². The van der Waals surface area contributed by atoms with Gasteiger partial charge in [0.25, 0.3) is 0 Å². The molecule has 0 saturated heterocycles. The highest BCUT2D eigenvalue weighted by atomic mass is 35.5. The Balaban J connectivity index is 2.06. The Morgan fingerprint density at radius 3 is 2.62 bits per heavy atom. The highest BCUT2D eigenvalue weighted by Crippen LogP contribution is 2.13. The molecule has 80 valence electrons. The van der Waals surface area contributed by atoms with Crippen molar-refractivity contribution < 1.29 is 4.79 Å². The molecule has 0 aliphatic heterocycles. The van der Waals surface area contributed by atoms with Gasteiger partial charge in [0.1, 0.15) is 0 Å². The van der Waals surface area contributed by atoms with Crippen LogP contribution in [0.4, 0.5) is 0 Å². The quantitative estimate of drug-likeness (QED) is 0.722. The van der Waals surface area contributed by atoms with Crippen LogP contribution in [-0.4, -0.2) is 5.78 Å². The molecule has 0 fully saturated rings. The van der Waals surface area contributed by atoms with E-state index in [0.29, 0.717) is 5.02 Å². The lowest BCUT2D eigenvalue weighted by atomic mass is 10.1. The first-order chi connectivity index (χ1) is 7.75. The van der Waals surface area contributed by atoms with E-state index >= 15 is 0 Å². The van der Waals surface area contributed by atoms with Crippen LogP contribution in [0.15, 0.2) is 54.1 Å². The van der Waals surface area contributed by atoms with Gasteiger partial charge in [-0.25, -0.2) is 0 Å². The molecular weight excluding hydrogens is 220 g/mol. The van der Waals surface area contributed by atoms with E-state index in [2.05, 4.69) is 0 Å². The molecule has 0 unspecified atom stereocenters. The standard InChI is InChI=1S/C14H11ClO/c15-13-8-5-11(6-9-13)7-10-14(16)12-3-1-2-4-12/h1,3-10H,2H2/b10-7+. The van der Waals surface area contributed by atoms with E-state index in [4.69, 9.17) is 11.6 Å². The van der Waals surface area contributed by atoms with Crippen molar-refractivity contribution in [3.63, 3.8) is 0 Å². The number of carbonyl (C=O) groups excluding carboxylic acids is 1. The second kappa shape index (κ2) is 4.95. The monoisotopic (exact) mass is 230 g/mol. The molecule has 0 heterocycles. The fourth-order valence-electron chi connectivity index (χ4n) is 1.48. The van der Waals surface area contributed by atoms with Crippen LogP contribution in [0, 0.1) is 0 Å². The Labute approximate surface area is 99.7 Å². The summed E-state index contributed by atoms with van der Waals surface area (Å²) < 4.78 is 0. The van der Waals surface area contributed by atoms with Crippen LogP contribution in [0.25, 0.3) is 6.08 Å². The lowest BCUT2D eigenvalue weighted by molar-refractivity contribution is -0.111. The third-order valence-corrected chi connectivity index (χ3v) is 2.60. The van der Waals surface area contributed by atoms with Gasteiger partial charge in [-0.3, -0.25) is 4.79 Å². The molecule has 0 N–H and O–H groups in total. The number of ketones is 1. The zero-order valence-corrected chi connectivity index (χ0v) is 9.45. The topological polar surface area (TPSA) is 17.1 Å². The van der Waals surface area contributed by atoms with E-state index in [-0.39, 0.29) is 5.78 Å². The molecule has 0 spiro atoms. The molecule has 2 rings (SSSR count). The summed E-state index contributed by atoms with van der Waals surface area (Å²) >= 11 is 5.77. The van der Waals surface area contributed by atoms with Crippen LogP contribution >= 0.6 is 11.6 Å². The second-order valence-electron chi connectivity index (χ2n) is 3.55. The van der Waals surface area contributed by atoms with Gasteiger partial charge in [-0.05, 0) is 30.2 Å². The summed E-state index contributed by atoms with van der Waals surface area (Å²) in [4.78, 5) is 11.7. The van der Waals surface area contributed by atoms with Gasteiger partial charge in [0.05, 0.1) is 0 Å². The Hall–Kier alpha value is -1.60. The molecule has 0 bridgehead atoms. The Morgan fingerprint density at radius 2 is 2.00 bits per heavy atom. The molecule has 1 nitrogen and oxygen atoms in total. The summed E-state index contributed by atoms with van der Waals surface area (Å²) in [6.45, 7) is 0. The van der Waals surface area contributed by atoms with Crippen molar-refractivity contribution in [1.82, 2.24) is 0 Å². The first-order valence-electron chi connectivity index (χ1n) is 5.10. The van der Waals surface area contributed by atoms with Gasteiger partial charge in [-0.15, -0.1) is 0 Å². The Kier molecular flexibility index (Phi) is 3.37. The summed E-state index contributed by atoms with van der Waals surface area (Å²) in [6.07, 6.45) is 10.00. The maximum atomic E-state index is 11.7. The van der Waals surface area contributed by atoms with Gasteiger partial charge < -0.3 is 0 Å². The van der Waals surface area contributed by atoms with Crippen molar-refractivity contribution in [2.45, 2.75) is 6.42 Å². The van der Waals surface area contributed by atoms with E-state index in [1.165, 1.54) is 0 Å².